The zero-order valence-corrected chi connectivity index (χ0v) is 13.6. The molecule has 4 N–H and O–H groups in total. The molecule has 0 aliphatic carbocycles. The molecule has 0 amide bonds. The van der Waals surface area contributed by atoms with Crippen LogP contribution in [-0.2, 0) is 6.61 Å². The molecule has 0 bridgehead atoms. The Morgan fingerprint density at radius 3 is 2.43 bits per heavy atom. The molecule has 0 spiro atoms. The van der Waals surface area contributed by atoms with E-state index in [0.717, 1.165) is 12.0 Å². The molecular weight excluding hydrogens is 290 g/mol. The van der Waals surface area contributed by atoms with Crippen molar-refractivity contribution in [2.75, 3.05) is 0 Å². The Labute approximate surface area is 137 Å². The summed E-state index contributed by atoms with van der Waals surface area (Å²) in [5.41, 5.74) is 7.67. The molecule has 1 unspecified atom stereocenters. The number of nitrogens with two attached hydrogens (primary N) is 1. The van der Waals surface area contributed by atoms with Gasteiger partial charge in [-0.3, -0.25) is 0 Å². The minimum atomic E-state index is -0.693. The highest BCUT2D eigenvalue weighted by atomic mass is 16.5. The molecule has 4 heteroatoms. The first-order valence-electron chi connectivity index (χ1n) is 7.96. The molecule has 2 aromatic rings. The molecular formula is C19H25NO3. The first-order valence-corrected chi connectivity index (χ1v) is 7.96. The molecule has 124 valence electrons. The predicted octanol–water partition coefficient (Wildman–Crippen LogP) is 3.38. The molecule has 0 radical (unpaired) electrons. The maximum atomic E-state index is 10.2. The second-order valence-corrected chi connectivity index (χ2v) is 5.90. The van der Waals surface area contributed by atoms with Gasteiger partial charge in [-0.2, -0.15) is 0 Å². The number of hydrogen-bond donors (Lipinski definition) is 3. The van der Waals surface area contributed by atoms with E-state index in [-0.39, 0.29) is 11.7 Å². The number of phenolic OH excluding ortho intramolecular Hbond substituents is 1. The van der Waals surface area contributed by atoms with E-state index in [4.69, 9.17) is 10.5 Å². The van der Waals surface area contributed by atoms with Gasteiger partial charge in [0.1, 0.15) is 18.1 Å². The van der Waals surface area contributed by atoms with Gasteiger partial charge in [0.25, 0.3) is 0 Å². The minimum absolute atomic E-state index is 0.0467. The van der Waals surface area contributed by atoms with Crippen LogP contribution >= 0.6 is 0 Å². The summed E-state index contributed by atoms with van der Waals surface area (Å²) in [6, 6.07) is 14.2. The second kappa shape index (κ2) is 7.99. The van der Waals surface area contributed by atoms with Crippen LogP contribution < -0.4 is 10.5 Å². The van der Waals surface area contributed by atoms with Gasteiger partial charge in [-0.05, 0) is 23.6 Å². The van der Waals surface area contributed by atoms with Gasteiger partial charge in [0.15, 0.2) is 0 Å². The second-order valence-electron chi connectivity index (χ2n) is 5.90. The van der Waals surface area contributed by atoms with Gasteiger partial charge in [-0.1, -0.05) is 50.6 Å². The van der Waals surface area contributed by atoms with Crippen LogP contribution in [0.15, 0.2) is 48.5 Å². The van der Waals surface area contributed by atoms with E-state index in [1.807, 2.05) is 44.2 Å². The van der Waals surface area contributed by atoms with Gasteiger partial charge in [0.05, 0.1) is 12.1 Å². The fourth-order valence-corrected chi connectivity index (χ4v) is 2.42. The van der Waals surface area contributed by atoms with Crippen molar-refractivity contribution in [2.24, 2.45) is 11.7 Å². The number of hydrogen-bond acceptors (Lipinski definition) is 4. The maximum absolute atomic E-state index is 10.2. The van der Waals surface area contributed by atoms with Gasteiger partial charge in [-0.15, -0.1) is 0 Å². The average Bonchev–Trinajstić information content (AvgIpc) is 2.59. The monoisotopic (exact) mass is 315 g/mol. The Balaban J connectivity index is 2.05. The van der Waals surface area contributed by atoms with Crippen molar-refractivity contribution >= 4 is 0 Å². The number of rotatable bonds is 7. The Hall–Kier alpha value is -2.04. The lowest BCUT2D eigenvalue weighted by Gasteiger charge is -2.25. The molecule has 0 aromatic heterocycles. The predicted molar refractivity (Wildman–Crippen MR) is 91.3 cm³/mol. The van der Waals surface area contributed by atoms with Gasteiger partial charge in [0.2, 0.25) is 0 Å². The van der Waals surface area contributed by atoms with Crippen molar-refractivity contribution in [3.8, 4) is 11.5 Å². The summed E-state index contributed by atoms with van der Waals surface area (Å²) >= 11 is 0. The minimum Gasteiger partial charge on any atom is -0.507 e. The van der Waals surface area contributed by atoms with Crippen molar-refractivity contribution < 1.29 is 14.9 Å². The van der Waals surface area contributed by atoms with Gasteiger partial charge >= 0.3 is 0 Å². The molecule has 2 aromatic carbocycles. The number of phenols is 1. The topological polar surface area (TPSA) is 75.7 Å². The molecule has 0 aliphatic rings. The maximum Gasteiger partial charge on any atom is 0.124 e. The van der Waals surface area contributed by atoms with E-state index < -0.39 is 12.1 Å². The molecule has 3 atom stereocenters. The molecule has 4 nitrogen and oxygen atoms in total. The molecule has 2 rings (SSSR count). The standard InChI is InChI=1S/C19H25NO3/c1-3-13(2)19(22)18(20)16-10-9-15(11-17(16)21)23-12-14-7-5-4-6-8-14/h4-11,13,18-19,21-22H,3,12,20H2,1-2H3/t13?,18-,19+/m1/s1. The fourth-order valence-electron chi connectivity index (χ4n) is 2.42. The van der Waals surface area contributed by atoms with Crippen molar-refractivity contribution in [1.29, 1.82) is 0 Å². The van der Waals surface area contributed by atoms with Gasteiger partial charge in [0, 0.05) is 11.6 Å². The first kappa shape index (κ1) is 17.3. The van der Waals surface area contributed by atoms with E-state index in [0.29, 0.717) is 17.9 Å². The van der Waals surface area contributed by atoms with E-state index in [9.17, 15) is 10.2 Å². The molecule has 0 saturated carbocycles. The lowest BCUT2D eigenvalue weighted by atomic mass is 9.91. The summed E-state index contributed by atoms with van der Waals surface area (Å²) in [5.74, 6) is 0.684. The van der Waals surface area contributed by atoms with Crippen LogP contribution in [0.5, 0.6) is 11.5 Å². The molecule has 0 fully saturated rings. The number of ether oxygens (including phenoxy) is 1. The van der Waals surface area contributed by atoms with Gasteiger partial charge in [-0.25, -0.2) is 0 Å². The number of aliphatic hydroxyl groups excluding tert-OH is 1. The van der Waals surface area contributed by atoms with Crippen LogP contribution in [0.4, 0.5) is 0 Å². The van der Waals surface area contributed by atoms with E-state index in [1.165, 1.54) is 0 Å². The molecule has 23 heavy (non-hydrogen) atoms. The lowest BCUT2D eigenvalue weighted by molar-refractivity contribution is 0.0870. The quantitative estimate of drug-likeness (QED) is 0.732. The molecule has 0 heterocycles. The number of aromatic hydroxyl groups is 1. The highest BCUT2D eigenvalue weighted by molar-refractivity contribution is 5.42. The van der Waals surface area contributed by atoms with Crippen LogP contribution in [0, 0.1) is 5.92 Å². The summed E-state index contributed by atoms with van der Waals surface area (Å²) < 4.78 is 5.67. The third-order valence-electron chi connectivity index (χ3n) is 4.20. The van der Waals surface area contributed by atoms with Crippen molar-refractivity contribution in [3.05, 3.63) is 59.7 Å². The number of aliphatic hydroxyl groups is 1. The SMILES string of the molecule is CCC(C)[C@H](O)[C@H](N)c1ccc(OCc2ccccc2)cc1O. The summed E-state index contributed by atoms with van der Waals surface area (Å²) in [4.78, 5) is 0. The Bertz CT molecular complexity index is 615. The Morgan fingerprint density at radius 1 is 1.13 bits per heavy atom. The summed E-state index contributed by atoms with van der Waals surface area (Å²) in [5, 5.41) is 20.4. The van der Waals surface area contributed by atoms with Crippen LogP contribution in [0.2, 0.25) is 0 Å². The summed E-state index contributed by atoms with van der Waals surface area (Å²) in [7, 11) is 0. The molecule has 0 saturated heterocycles. The van der Waals surface area contributed by atoms with Gasteiger partial charge < -0.3 is 20.7 Å². The van der Waals surface area contributed by atoms with E-state index >= 15 is 0 Å². The van der Waals surface area contributed by atoms with Crippen LogP contribution in [0.1, 0.15) is 37.4 Å². The summed E-state index contributed by atoms with van der Waals surface area (Å²) in [6.07, 6.45) is 0.135. The Morgan fingerprint density at radius 2 is 1.83 bits per heavy atom. The Kier molecular flexibility index (Phi) is 6.02. The highest BCUT2D eigenvalue weighted by Crippen LogP contribution is 2.31. The smallest absolute Gasteiger partial charge is 0.124 e. The lowest BCUT2D eigenvalue weighted by Crippen LogP contribution is -2.31. The normalized spacial score (nSPS) is 15.0. The van der Waals surface area contributed by atoms with Crippen LogP contribution in [0.3, 0.4) is 0 Å². The highest BCUT2D eigenvalue weighted by Gasteiger charge is 2.24. The van der Waals surface area contributed by atoms with E-state index in [2.05, 4.69) is 0 Å². The molecule has 0 aliphatic heterocycles. The first-order chi connectivity index (χ1) is 11.0. The fraction of sp³-hybridized carbons (Fsp3) is 0.368. The van der Waals surface area contributed by atoms with Crippen LogP contribution in [0.25, 0.3) is 0 Å². The van der Waals surface area contributed by atoms with Crippen molar-refractivity contribution in [3.63, 3.8) is 0 Å². The largest absolute Gasteiger partial charge is 0.507 e. The number of benzene rings is 2. The summed E-state index contributed by atoms with van der Waals surface area (Å²) in [6.45, 7) is 4.38. The average molecular weight is 315 g/mol. The van der Waals surface area contributed by atoms with E-state index in [1.54, 1.807) is 18.2 Å². The zero-order chi connectivity index (χ0) is 16.8. The third kappa shape index (κ3) is 4.47. The van der Waals surface area contributed by atoms with Crippen molar-refractivity contribution in [2.45, 2.75) is 39.0 Å². The third-order valence-corrected chi connectivity index (χ3v) is 4.20. The van der Waals surface area contributed by atoms with Crippen molar-refractivity contribution in [1.82, 2.24) is 0 Å². The zero-order valence-electron chi connectivity index (χ0n) is 13.6. The van der Waals surface area contributed by atoms with Crippen LogP contribution in [-0.4, -0.2) is 16.3 Å².